The summed E-state index contributed by atoms with van der Waals surface area (Å²) in [5.74, 6) is 4.66. The van der Waals surface area contributed by atoms with Crippen molar-refractivity contribution < 1.29 is 9.90 Å². The SMILES string of the molecule is CNC(CCNC(=O)[C@]1(O)CC[C@@]2(C)C(=CC[C@H]3[C@@H]4CC[C@H]([C@H](C)CCCC(C)C)[C@@]4(C)CC[C@@H]32)C1)NC. The number of hydrogen-bond donors (Lipinski definition) is 4. The minimum Gasteiger partial charge on any atom is -0.380 e. The summed E-state index contributed by atoms with van der Waals surface area (Å²) in [6, 6.07) is 0. The molecule has 0 spiro atoms. The smallest absolute Gasteiger partial charge is 0.252 e. The Morgan fingerprint density at radius 1 is 1.00 bits per heavy atom. The number of aliphatic hydroxyl groups is 1. The van der Waals surface area contributed by atoms with E-state index in [1.54, 1.807) is 0 Å². The van der Waals surface area contributed by atoms with Crippen molar-refractivity contribution in [1.82, 2.24) is 16.0 Å². The molecule has 0 bridgehead atoms. The van der Waals surface area contributed by atoms with Gasteiger partial charge >= 0.3 is 0 Å². The van der Waals surface area contributed by atoms with Gasteiger partial charge in [-0.1, -0.05) is 65.5 Å². The molecule has 4 aliphatic rings. The fraction of sp³-hybridized carbons (Fsp3) is 0.909. The number of carbonyl (C=O) groups excluding carboxylic acids is 1. The molecule has 38 heavy (non-hydrogen) atoms. The van der Waals surface area contributed by atoms with Crippen LogP contribution in [0.25, 0.3) is 0 Å². The van der Waals surface area contributed by atoms with E-state index in [9.17, 15) is 9.90 Å². The van der Waals surface area contributed by atoms with Crippen molar-refractivity contribution >= 4 is 5.91 Å². The van der Waals surface area contributed by atoms with E-state index in [2.05, 4.69) is 56.6 Å². The first-order valence-corrected chi connectivity index (χ1v) is 16.0. The second kappa shape index (κ2) is 11.9. The van der Waals surface area contributed by atoms with Crippen LogP contribution in [-0.4, -0.2) is 43.4 Å². The zero-order valence-corrected chi connectivity index (χ0v) is 25.7. The molecule has 0 aliphatic heterocycles. The van der Waals surface area contributed by atoms with E-state index in [1.807, 2.05) is 14.1 Å². The summed E-state index contributed by atoms with van der Waals surface area (Å²) in [5, 5.41) is 20.9. The lowest BCUT2D eigenvalue weighted by Crippen LogP contribution is -2.56. The van der Waals surface area contributed by atoms with Gasteiger partial charge in [-0.3, -0.25) is 4.79 Å². The standard InChI is InChI=1S/C33H59N3O2/c1-22(2)9-8-10-23(3)26-13-14-27-25-12-11-24-21-33(38,30(37)36-20-16-29(34-6)35-7)19-18-31(24,4)28(25)15-17-32(26,27)5/h11,22-23,25-29,34-35,38H,8-10,12-21H2,1-7H3,(H,36,37)/t23-,25+,26-,27+,28+,31+,32-,33+/m1/s1. The molecule has 5 heteroatoms. The molecule has 0 heterocycles. The van der Waals surface area contributed by atoms with E-state index >= 15 is 0 Å². The van der Waals surface area contributed by atoms with E-state index in [0.29, 0.717) is 30.7 Å². The van der Waals surface area contributed by atoms with Crippen molar-refractivity contribution in [2.24, 2.45) is 46.3 Å². The van der Waals surface area contributed by atoms with Gasteiger partial charge in [0.25, 0.3) is 5.91 Å². The van der Waals surface area contributed by atoms with Crippen molar-refractivity contribution in [2.45, 2.75) is 123 Å². The Hall–Kier alpha value is -0.910. The fourth-order valence-corrected chi connectivity index (χ4v) is 9.79. The molecule has 4 N–H and O–H groups in total. The Bertz CT molecular complexity index is 853. The lowest BCUT2D eigenvalue weighted by molar-refractivity contribution is -0.145. The topological polar surface area (TPSA) is 73.4 Å². The van der Waals surface area contributed by atoms with Crippen LogP contribution in [0.2, 0.25) is 0 Å². The van der Waals surface area contributed by atoms with Gasteiger partial charge in [0.05, 0.1) is 6.17 Å². The van der Waals surface area contributed by atoms with Crippen LogP contribution in [0.3, 0.4) is 0 Å². The molecule has 218 valence electrons. The summed E-state index contributed by atoms with van der Waals surface area (Å²) < 4.78 is 0. The average Bonchev–Trinajstić information content (AvgIpc) is 3.24. The maximum absolute atomic E-state index is 13.1. The molecule has 0 radical (unpaired) electrons. The van der Waals surface area contributed by atoms with E-state index in [4.69, 9.17) is 0 Å². The van der Waals surface area contributed by atoms with Crippen molar-refractivity contribution in [3.8, 4) is 0 Å². The van der Waals surface area contributed by atoms with Gasteiger partial charge in [0.2, 0.25) is 0 Å². The number of amides is 1. The Morgan fingerprint density at radius 3 is 2.42 bits per heavy atom. The maximum Gasteiger partial charge on any atom is 0.252 e. The van der Waals surface area contributed by atoms with Crippen LogP contribution in [0.1, 0.15) is 112 Å². The van der Waals surface area contributed by atoms with Gasteiger partial charge in [-0.05, 0) is 112 Å². The van der Waals surface area contributed by atoms with Gasteiger partial charge in [-0.15, -0.1) is 0 Å². The number of fused-ring (bicyclic) bond motifs is 5. The number of hydrogen-bond acceptors (Lipinski definition) is 4. The second-order valence-corrected chi connectivity index (χ2v) is 14.7. The summed E-state index contributed by atoms with van der Waals surface area (Å²) >= 11 is 0. The van der Waals surface area contributed by atoms with E-state index in [-0.39, 0.29) is 17.5 Å². The molecule has 8 atom stereocenters. The zero-order valence-electron chi connectivity index (χ0n) is 25.7. The quantitative estimate of drug-likeness (QED) is 0.195. The van der Waals surface area contributed by atoms with Gasteiger partial charge in [-0.2, -0.15) is 0 Å². The lowest BCUT2D eigenvalue weighted by atomic mass is 9.46. The highest BCUT2D eigenvalue weighted by Gasteiger charge is 2.60. The Morgan fingerprint density at radius 2 is 1.74 bits per heavy atom. The Kier molecular flexibility index (Phi) is 9.42. The van der Waals surface area contributed by atoms with Gasteiger partial charge in [0.15, 0.2) is 0 Å². The molecule has 1 amide bonds. The molecule has 3 fully saturated rings. The first-order chi connectivity index (χ1) is 18.0. The molecule has 0 aromatic rings. The molecule has 0 saturated heterocycles. The summed E-state index contributed by atoms with van der Waals surface area (Å²) in [7, 11) is 3.82. The van der Waals surface area contributed by atoms with Gasteiger partial charge < -0.3 is 21.1 Å². The van der Waals surface area contributed by atoms with Crippen LogP contribution in [0, 0.1) is 46.3 Å². The summed E-state index contributed by atoms with van der Waals surface area (Å²) in [6.07, 6.45) is 16.2. The first kappa shape index (κ1) is 30.1. The van der Waals surface area contributed by atoms with Crippen molar-refractivity contribution in [1.29, 1.82) is 0 Å². The summed E-state index contributed by atoms with van der Waals surface area (Å²) in [4.78, 5) is 13.1. The largest absolute Gasteiger partial charge is 0.380 e. The van der Waals surface area contributed by atoms with Crippen molar-refractivity contribution in [3.05, 3.63) is 11.6 Å². The summed E-state index contributed by atoms with van der Waals surface area (Å²) in [5.41, 5.74) is 0.737. The van der Waals surface area contributed by atoms with Crippen LogP contribution in [0.15, 0.2) is 11.6 Å². The van der Waals surface area contributed by atoms with E-state index < -0.39 is 5.60 Å². The minimum absolute atomic E-state index is 0.140. The summed E-state index contributed by atoms with van der Waals surface area (Å²) in [6.45, 7) is 13.0. The number of nitrogens with one attached hydrogen (secondary N) is 3. The zero-order chi connectivity index (χ0) is 27.7. The number of carbonyl (C=O) groups is 1. The molecule has 0 aromatic carbocycles. The van der Waals surface area contributed by atoms with Crippen LogP contribution in [-0.2, 0) is 4.79 Å². The minimum atomic E-state index is -1.26. The van der Waals surface area contributed by atoms with Crippen molar-refractivity contribution in [2.75, 3.05) is 20.6 Å². The Labute approximate surface area is 233 Å². The van der Waals surface area contributed by atoms with Crippen LogP contribution in [0.5, 0.6) is 0 Å². The van der Waals surface area contributed by atoms with Gasteiger partial charge in [-0.25, -0.2) is 0 Å². The number of allylic oxidation sites excluding steroid dienone is 1. The predicted molar refractivity (Wildman–Crippen MR) is 158 cm³/mol. The molecule has 4 aliphatic carbocycles. The first-order valence-electron chi connectivity index (χ1n) is 16.0. The fourth-order valence-electron chi connectivity index (χ4n) is 9.79. The Balaban J connectivity index is 1.41. The van der Waals surface area contributed by atoms with E-state index in [1.165, 1.54) is 50.5 Å². The molecule has 3 saturated carbocycles. The normalized spacial score (nSPS) is 39.4. The average molecular weight is 530 g/mol. The van der Waals surface area contributed by atoms with Crippen LogP contribution in [0.4, 0.5) is 0 Å². The lowest BCUT2D eigenvalue weighted by Gasteiger charge is -2.59. The second-order valence-electron chi connectivity index (χ2n) is 14.7. The monoisotopic (exact) mass is 529 g/mol. The third-order valence-electron chi connectivity index (χ3n) is 12.2. The van der Waals surface area contributed by atoms with Crippen LogP contribution < -0.4 is 16.0 Å². The molecular formula is C33H59N3O2. The third-order valence-corrected chi connectivity index (χ3v) is 12.2. The van der Waals surface area contributed by atoms with Gasteiger partial charge in [0.1, 0.15) is 5.60 Å². The molecule has 5 nitrogen and oxygen atoms in total. The molecular weight excluding hydrogens is 470 g/mol. The predicted octanol–water partition coefficient (Wildman–Crippen LogP) is 6.03. The van der Waals surface area contributed by atoms with E-state index in [0.717, 1.165) is 48.9 Å². The van der Waals surface area contributed by atoms with Crippen LogP contribution >= 0.6 is 0 Å². The maximum atomic E-state index is 13.1. The highest BCUT2D eigenvalue weighted by atomic mass is 16.3. The number of rotatable bonds is 11. The molecule has 0 unspecified atom stereocenters. The molecule has 0 aromatic heterocycles. The molecule has 4 rings (SSSR count). The van der Waals surface area contributed by atoms with Gasteiger partial charge in [0, 0.05) is 13.0 Å². The third kappa shape index (κ3) is 5.63. The highest BCUT2D eigenvalue weighted by molar-refractivity contribution is 5.85. The highest BCUT2D eigenvalue weighted by Crippen LogP contribution is 2.67. The van der Waals surface area contributed by atoms with Crippen molar-refractivity contribution in [3.63, 3.8) is 0 Å².